The standard InChI is InChI=1S/C15H17NO4S/c1-10-3-5-12(6-4-10)21(18,19)16-8-7-14-13(9-16)11(2)15(17)20-14/h3-6,13-14H,2,7-9H2,1H3/t13-,14-/m1/s1. The normalized spacial score (nSPS) is 26.5. The molecule has 5 nitrogen and oxygen atoms in total. The number of sulfonamides is 1. The molecule has 3 rings (SSSR count). The van der Waals surface area contributed by atoms with E-state index in [1.807, 2.05) is 6.92 Å². The largest absolute Gasteiger partial charge is 0.458 e. The van der Waals surface area contributed by atoms with Crippen LogP contribution < -0.4 is 0 Å². The second-order valence-corrected chi connectivity index (χ2v) is 7.48. The number of carbonyl (C=O) groups excluding carboxylic acids is 1. The summed E-state index contributed by atoms with van der Waals surface area (Å²) in [6, 6.07) is 6.78. The lowest BCUT2D eigenvalue weighted by atomic mass is 9.92. The Bertz CT molecular complexity index is 693. The summed E-state index contributed by atoms with van der Waals surface area (Å²) < 4.78 is 31.9. The number of piperidine rings is 1. The number of fused-ring (bicyclic) bond motifs is 1. The molecule has 112 valence electrons. The number of hydrogen-bond acceptors (Lipinski definition) is 4. The molecule has 2 fully saturated rings. The van der Waals surface area contributed by atoms with Crippen LogP contribution in [0.4, 0.5) is 0 Å². The SMILES string of the molecule is C=C1C(=O)O[C@@H]2CCN(S(=O)(=O)c3ccc(C)cc3)C[C@H]12. The summed E-state index contributed by atoms with van der Waals surface area (Å²) in [5, 5.41) is 0. The van der Waals surface area contributed by atoms with Crippen LogP contribution in [0.3, 0.4) is 0 Å². The summed E-state index contributed by atoms with van der Waals surface area (Å²) in [7, 11) is -3.53. The van der Waals surface area contributed by atoms with Gasteiger partial charge in [0.05, 0.1) is 4.90 Å². The van der Waals surface area contributed by atoms with Crippen LogP contribution >= 0.6 is 0 Å². The fourth-order valence-corrected chi connectivity index (χ4v) is 4.30. The fraction of sp³-hybridized carbons (Fsp3) is 0.400. The zero-order chi connectivity index (χ0) is 15.2. The Morgan fingerprint density at radius 3 is 2.62 bits per heavy atom. The number of ether oxygens (including phenoxy) is 1. The van der Waals surface area contributed by atoms with Crippen molar-refractivity contribution < 1.29 is 17.9 Å². The number of hydrogen-bond donors (Lipinski definition) is 0. The molecule has 0 amide bonds. The highest BCUT2D eigenvalue weighted by molar-refractivity contribution is 7.89. The molecular weight excluding hydrogens is 290 g/mol. The van der Waals surface area contributed by atoms with Crippen LogP contribution in [0.15, 0.2) is 41.3 Å². The Balaban J connectivity index is 1.86. The molecule has 0 aliphatic carbocycles. The molecule has 2 atom stereocenters. The topological polar surface area (TPSA) is 63.7 Å². The van der Waals surface area contributed by atoms with E-state index in [2.05, 4.69) is 6.58 Å². The summed E-state index contributed by atoms with van der Waals surface area (Å²) >= 11 is 0. The second kappa shape index (κ2) is 4.96. The lowest BCUT2D eigenvalue weighted by Crippen LogP contribution is -2.44. The van der Waals surface area contributed by atoms with Crippen LogP contribution in [0.25, 0.3) is 0 Å². The first-order valence-corrected chi connectivity index (χ1v) is 8.30. The number of carbonyl (C=O) groups is 1. The predicted molar refractivity (Wildman–Crippen MR) is 77.1 cm³/mol. The van der Waals surface area contributed by atoms with E-state index in [1.165, 1.54) is 4.31 Å². The molecule has 1 aromatic carbocycles. The lowest BCUT2D eigenvalue weighted by Gasteiger charge is -2.32. The van der Waals surface area contributed by atoms with Crippen molar-refractivity contribution in [2.75, 3.05) is 13.1 Å². The summed E-state index contributed by atoms with van der Waals surface area (Å²) in [4.78, 5) is 11.8. The zero-order valence-electron chi connectivity index (χ0n) is 11.8. The quantitative estimate of drug-likeness (QED) is 0.613. The molecule has 21 heavy (non-hydrogen) atoms. The van der Waals surface area contributed by atoms with Gasteiger partial charge in [-0.1, -0.05) is 24.3 Å². The third-order valence-electron chi connectivity index (χ3n) is 4.14. The molecule has 0 spiro atoms. The minimum atomic E-state index is -3.53. The molecule has 2 aliphatic heterocycles. The van der Waals surface area contributed by atoms with Gasteiger partial charge in [0.15, 0.2) is 0 Å². The van der Waals surface area contributed by atoms with Gasteiger partial charge in [-0.05, 0) is 25.5 Å². The molecule has 0 bridgehead atoms. The van der Waals surface area contributed by atoms with E-state index < -0.39 is 16.0 Å². The first-order chi connectivity index (χ1) is 9.89. The summed E-state index contributed by atoms with van der Waals surface area (Å²) in [6.07, 6.45) is 0.287. The number of esters is 1. The molecule has 0 radical (unpaired) electrons. The number of benzene rings is 1. The number of nitrogens with zero attached hydrogens (tertiary/aromatic N) is 1. The molecule has 0 N–H and O–H groups in total. The predicted octanol–water partition coefficient (Wildman–Crippen LogP) is 1.49. The Hall–Kier alpha value is -1.66. The van der Waals surface area contributed by atoms with Gasteiger partial charge in [0.25, 0.3) is 0 Å². The summed E-state index contributed by atoms with van der Waals surface area (Å²) in [6.45, 7) is 6.25. The molecule has 0 saturated carbocycles. The van der Waals surface area contributed by atoms with Gasteiger partial charge in [-0.15, -0.1) is 0 Å². The summed E-state index contributed by atoms with van der Waals surface area (Å²) in [5.74, 6) is -0.633. The highest BCUT2D eigenvalue weighted by atomic mass is 32.2. The first kappa shape index (κ1) is 14.3. The molecule has 6 heteroatoms. The van der Waals surface area contributed by atoms with Crippen molar-refractivity contribution in [3.8, 4) is 0 Å². The minimum absolute atomic E-state index is 0.227. The van der Waals surface area contributed by atoms with Crippen LogP contribution in [0, 0.1) is 12.8 Å². The molecule has 2 heterocycles. The molecular formula is C15H17NO4S. The van der Waals surface area contributed by atoms with Crippen molar-refractivity contribution in [3.63, 3.8) is 0 Å². The van der Waals surface area contributed by atoms with Crippen molar-refractivity contribution in [1.29, 1.82) is 0 Å². The van der Waals surface area contributed by atoms with E-state index in [0.717, 1.165) is 5.56 Å². The molecule has 0 aromatic heterocycles. The van der Waals surface area contributed by atoms with E-state index in [0.29, 0.717) is 18.5 Å². The lowest BCUT2D eigenvalue weighted by molar-refractivity contribution is -0.139. The van der Waals surface area contributed by atoms with Crippen LogP contribution in [-0.2, 0) is 19.6 Å². The molecule has 0 unspecified atom stereocenters. The maximum atomic E-state index is 12.6. The van der Waals surface area contributed by atoms with Crippen molar-refractivity contribution in [1.82, 2.24) is 4.31 Å². The molecule has 2 saturated heterocycles. The third-order valence-corrected chi connectivity index (χ3v) is 6.02. The Morgan fingerprint density at radius 1 is 1.29 bits per heavy atom. The Morgan fingerprint density at radius 2 is 1.95 bits per heavy atom. The Kier molecular flexibility index (Phi) is 3.37. The average molecular weight is 307 g/mol. The van der Waals surface area contributed by atoms with E-state index in [1.54, 1.807) is 24.3 Å². The number of aryl methyl sites for hydroxylation is 1. The van der Waals surface area contributed by atoms with Crippen molar-refractivity contribution in [2.45, 2.75) is 24.3 Å². The summed E-state index contributed by atoms with van der Waals surface area (Å²) in [5.41, 5.74) is 1.39. The van der Waals surface area contributed by atoms with Crippen molar-refractivity contribution in [3.05, 3.63) is 42.0 Å². The van der Waals surface area contributed by atoms with E-state index in [4.69, 9.17) is 4.74 Å². The van der Waals surface area contributed by atoms with Crippen molar-refractivity contribution in [2.24, 2.45) is 5.92 Å². The zero-order valence-corrected chi connectivity index (χ0v) is 12.6. The van der Waals surface area contributed by atoms with Gasteiger partial charge < -0.3 is 4.74 Å². The van der Waals surface area contributed by atoms with Gasteiger partial charge in [0, 0.05) is 24.6 Å². The smallest absolute Gasteiger partial charge is 0.334 e. The van der Waals surface area contributed by atoms with Crippen LogP contribution in [0.2, 0.25) is 0 Å². The van der Waals surface area contributed by atoms with Gasteiger partial charge >= 0.3 is 5.97 Å². The maximum absolute atomic E-state index is 12.6. The first-order valence-electron chi connectivity index (χ1n) is 6.86. The van der Waals surface area contributed by atoms with Gasteiger partial charge in [0.2, 0.25) is 10.0 Å². The molecule has 2 aliphatic rings. The highest BCUT2D eigenvalue weighted by Gasteiger charge is 2.44. The average Bonchev–Trinajstić information content (AvgIpc) is 2.74. The van der Waals surface area contributed by atoms with Gasteiger partial charge in [0.1, 0.15) is 6.10 Å². The second-order valence-electron chi connectivity index (χ2n) is 5.54. The van der Waals surface area contributed by atoms with E-state index in [9.17, 15) is 13.2 Å². The number of rotatable bonds is 2. The van der Waals surface area contributed by atoms with Gasteiger partial charge in [-0.2, -0.15) is 4.31 Å². The van der Waals surface area contributed by atoms with Gasteiger partial charge in [-0.25, -0.2) is 13.2 Å². The molecule has 1 aromatic rings. The van der Waals surface area contributed by atoms with Crippen molar-refractivity contribution >= 4 is 16.0 Å². The maximum Gasteiger partial charge on any atom is 0.334 e. The monoisotopic (exact) mass is 307 g/mol. The minimum Gasteiger partial charge on any atom is -0.458 e. The Labute approximate surface area is 124 Å². The third kappa shape index (κ3) is 2.38. The van der Waals surface area contributed by atoms with Crippen LogP contribution in [0.5, 0.6) is 0 Å². The van der Waals surface area contributed by atoms with Crippen LogP contribution in [-0.4, -0.2) is 37.9 Å². The highest BCUT2D eigenvalue weighted by Crippen LogP contribution is 2.34. The van der Waals surface area contributed by atoms with E-state index >= 15 is 0 Å². The van der Waals surface area contributed by atoms with Crippen LogP contribution in [0.1, 0.15) is 12.0 Å². The van der Waals surface area contributed by atoms with E-state index in [-0.39, 0.29) is 23.5 Å². The fourth-order valence-electron chi connectivity index (χ4n) is 2.82. The van der Waals surface area contributed by atoms with Gasteiger partial charge in [-0.3, -0.25) is 0 Å².